The van der Waals surface area contributed by atoms with Gasteiger partial charge in [0, 0.05) is 14.3 Å². The lowest BCUT2D eigenvalue weighted by Gasteiger charge is -2.16. The van der Waals surface area contributed by atoms with Crippen molar-refractivity contribution < 1.29 is 13.2 Å². The Morgan fingerprint density at radius 1 is 0.931 bits per heavy atom. The van der Waals surface area contributed by atoms with Gasteiger partial charge in [-0.05, 0) is 55.5 Å². The highest BCUT2D eigenvalue weighted by molar-refractivity contribution is 9.10. The van der Waals surface area contributed by atoms with Crippen molar-refractivity contribution in [3.05, 3.63) is 83.3 Å². The Morgan fingerprint density at radius 2 is 1.55 bits per heavy atom. The molecule has 0 aromatic heterocycles. The highest BCUT2D eigenvalue weighted by Gasteiger charge is 2.22. The van der Waals surface area contributed by atoms with E-state index in [1.54, 1.807) is 18.2 Å². The van der Waals surface area contributed by atoms with E-state index in [0.717, 1.165) is 14.3 Å². The standard InChI is InChI=1S/C21H19BrN2O3S2/c1-15(24-29(26,27)18-13-11-16(22)12-14-18)21(25)23-19-9-5-6-10-20(19)28-17-7-3-2-4-8-17/h2-15,24H,1H3,(H,23,25)/t15-/m0/s1. The van der Waals surface area contributed by atoms with Gasteiger partial charge < -0.3 is 5.32 Å². The number of hydrogen-bond acceptors (Lipinski definition) is 4. The van der Waals surface area contributed by atoms with E-state index in [1.807, 2.05) is 48.5 Å². The summed E-state index contributed by atoms with van der Waals surface area (Å²) in [5.74, 6) is -0.438. The van der Waals surface area contributed by atoms with Crippen molar-refractivity contribution in [1.29, 1.82) is 0 Å². The summed E-state index contributed by atoms with van der Waals surface area (Å²) in [6.45, 7) is 1.51. The van der Waals surface area contributed by atoms with Gasteiger partial charge in [-0.25, -0.2) is 8.42 Å². The third-order valence-corrected chi connectivity index (χ3v) is 7.13. The fourth-order valence-corrected chi connectivity index (χ4v) is 4.87. The average Bonchev–Trinajstić information content (AvgIpc) is 2.70. The molecule has 8 heteroatoms. The molecular weight excluding hydrogens is 472 g/mol. The van der Waals surface area contributed by atoms with Crippen LogP contribution in [-0.4, -0.2) is 20.4 Å². The minimum Gasteiger partial charge on any atom is -0.324 e. The Labute approximate surface area is 183 Å². The highest BCUT2D eigenvalue weighted by Crippen LogP contribution is 2.33. The third kappa shape index (κ3) is 5.93. The van der Waals surface area contributed by atoms with Gasteiger partial charge in [0.15, 0.2) is 0 Å². The molecule has 29 heavy (non-hydrogen) atoms. The number of benzene rings is 3. The Hall–Kier alpha value is -2.13. The van der Waals surface area contributed by atoms with E-state index in [4.69, 9.17) is 0 Å². The molecule has 0 aliphatic heterocycles. The van der Waals surface area contributed by atoms with Crippen molar-refractivity contribution in [1.82, 2.24) is 4.72 Å². The molecule has 1 amide bonds. The zero-order chi connectivity index (χ0) is 20.9. The van der Waals surface area contributed by atoms with Gasteiger partial charge >= 0.3 is 0 Å². The molecule has 3 rings (SSSR count). The predicted octanol–water partition coefficient (Wildman–Crippen LogP) is 4.91. The number of nitrogens with one attached hydrogen (secondary N) is 2. The number of carbonyl (C=O) groups excluding carboxylic acids is 1. The minimum atomic E-state index is -3.81. The van der Waals surface area contributed by atoms with Gasteiger partial charge in [-0.15, -0.1) is 0 Å². The molecule has 0 aliphatic rings. The second kappa shape index (κ2) is 9.58. The summed E-state index contributed by atoms with van der Waals surface area (Å²) in [6.07, 6.45) is 0. The molecule has 0 unspecified atom stereocenters. The molecule has 3 aromatic rings. The smallest absolute Gasteiger partial charge is 0.242 e. The summed E-state index contributed by atoms with van der Waals surface area (Å²) in [7, 11) is -3.81. The Bertz CT molecular complexity index is 1090. The third-order valence-electron chi connectivity index (χ3n) is 3.97. The van der Waals surface area contributed by atoms with E-state index >= 15 is 0 Å². The lowest BCUT2D eigenvalue weighted by molar-refractivity contribution is -0.117. The Morgan fingerprint density at radius 3 is 2.24 bits per heavy atom. The molecule has 0 fully saturated rings. The van der Waals surface area contributed by atoms with Crippen molar-refractivity contribution in [3.63, 3.8) is 0 Å². The number of sulfonamides is 1. The molecule has 0 saturated carbocycles. The summed E-state index contributed by atoms with van der Waals surface area (Å²) in [6, 6.07) is 22.5. The maximum atomic E-state index is 12.6. The molecule has 0 heterocycles. The molecule has 0 aliphatic carbocycles. The lowest BCUT2D eigenvalue weighted by Crippen LogP contribution is -2.41. The SMILES string of the molecule is C[C@H](NS(=O)(=O)c1ccc(Br)cc1)C(=O)Nc1ccccc1Sc1ccccc1. The van der Waals surface area contributed by atoms with E-state index in [9.17, 15) is 13.2 Å². The zero-order valence-corrected chi connectivity index (χ0v) is 18.7. The number of halogens is 1. The quantitative estimate of drug-likeness (QED) is 0.493. The molecule has 0 radical (unpaired) electrons. The first-order valence-corrected chi connectivity index (χ1v) is 11.8. The number of carbonyl (C=O) groups is 1. The Kier molecular flexibility index (Phi) is 7.13. The average molecular weight is 491 g/mol. The van der Waals surface area contributed by atoms with Gasteiger partial charge in [0.2, 0.25) is 15.9 Å². The summed E-state index contributed by atoms with van der Waals surface area (Å²) in [5, 5.41) is 2.82. The molecule has 3 aromatic carbocycles. The number of para-hydroxylation sites is 1. The molecule has 2 N–H and O–H groups in total. The van der Waals surface area contributed by atoms with Gasteiger partial charge in [0.25, 0.3) is 0 Å². The molecule has 0 saturated heterocycles. The van der Waals surface area contributed by atoms with Crippen LogP contribution in [0.3, 0.4) is 0 Å². The van der Waals surface area contributed by atoms with Crippen molar-refractivity contribution in [3.8, 4) is 0 Å². The van der Waals surface area contributed by atoms with Crippen LogP contribution >= 0.6 is 27.7 Å². The van der Waals surface area contributed by atoms with Crippen LogP contribution in [0.25, 0.3) is 0 Å². The van der Waals surface area contributed by atoms with Crippen molar-refractivity contribution in [2.24, 2.45) is 0 Å². The van der Waals surface area contributed by atoms with E-state index in [-0.39, 0.29) is 4.90 Å². The van der Waals surface area contributed by atoms with Crippen molar-refractivity contribution >= 4 is 49.3 Å². The van der Waals surface area contributed by atoms with E-state index in [0.29, 0.717) is 5.69 Å². The maximum absolute atomic E-state index is 12.6. The summed E-state index contributed by atoms with van der Waals surface area (Å²) in [5.41, 5.74) is 0.626. The van der Waals surface area contributed by atoms with Crippen LogP contribution in [0.5, 0.6) is 0 Å². The molecule has 150 valence electrons. The van der Waals surface area contributed by atoms with E-state index < -0.39 is 22.0 Å². The zero-order valence-electron chi connectivity index (χ0n) is 15.5. The van der Waals surface area contributed by atoms with Gasteiger partial charge in [-0.2, -0.15) is 4.72 Å². The van der Waals surface area contributed by atoms with E-state index in [2.05, 4.69) is 26.0 Å². The number of amides is 1. The first-order chi connectivity index (χ1) is 13.8. The maximum Gasteiger partial charge on any atom is 0.242 e. The molecule has 5 nitrogen and oxygen atoms in total. The van der Waals surface area contributed by atoms with Crippen LogP contribution in [-0.2, 0) is 14.8 Å². The minimum absolute atomic E-state index is 0.0976. The summed E-state index contributed by atoms with van der Waals surface area (Å²) in [4.78, 5) is 14.6. The van der Waals surface area contributed by atoms with Crippen LogP contribution in [0.1, 0.15) is 6.92 Å². The van der Waals surface area contributed by atoms with Gasteiger partial charge in [-0.3, -0.25) is 4.79 Å². The van der Waals surface area contributed by atoms with E-state index in [1.165, 1.54) is 30.8 Å². The first kappa shape index (κ1) is 21.6. The summed E-state index contributed by atoms with van der Waals surface area (Å²) < 4.78 is 28.2. The van der Waals surface area contributed by atoms with Crippen LogP contribution in [0.4, 0.5) is 5.69 Å². The van der Waals surface area contributed by atoms with Gasteiger partial charge in [0.05, 0.1) is 16.6 Å². The normalized spacial score (nSPS) is 12.3. The van der Waals surface area contributed by atoms with Gasteiger partial charge in [-0.1, -0.05) is 58.0 Å². The van der Waals surface area contributed by atoms with Crippen LogP contribution in [0.15, 0.2) is 98.0 Å². The largest absolute Gasteiger partial charge is 0.324 e. The molecule has 0 bridgehead atoms. The van der Waals surface area contributed by atoms with Crippen LogP contribution < -0.4 is 10.0 Å². The number of rotatable bonds is 7. The molecular formula is C21H19BrN2O3S2. The molecule has 1 atom stereocenters. The van der Waals surface area contributed by atoms with Crippen LogP contribution in [0.2, 0.25) is 0 Å². The molecule has 0 spiro atoms. The van der Waals surface area contributed by atoms with Crippen molar-refractivity contribution in [2.45, 2.75) is 27.7 Å². The van der Waals surface area contributed by atoms with Crippen molar-refractivity contribution in [2.75, 3.05) is 5.32 Å². The predicted molar refractivity (Wildman–Crippen MR) is 120 cm³/mol. The van der Waals surface area contributed by atoms with Gasteiger partial charge in [0.1, 0.15) is 0 Å². The lowest BCUT2D eigenvalue weighted by atomic mass is 10.3. The Balaban J connectivity index is 1.71. The summed E-state index contributed by atoms with van der Waals surface area (Å²) >= 11 is 4.79. The number of hydrogen-bond donors (Lipinski definition) is 2. The van der Waals surface area contributed by atoms with Crippen LogP contribution in [0, 0.1) is 0 Å². The second-order valence-electron chi connectivity index (χ2n) is 6.20. The second-order valence-corrected chi connectivity index (χ2v) is 9.94. The number of anilines is 1. The monoisotopic (exact) mass is 490 g/mol. The first-order valence-electron chi connectivity index (χ1n) is 8.76. The fourth-order valence-electron chi connectivity index (χ4n) is 2.48. The highest BCUT2D eigenvalue weighted by atomic mass is 79.9. The topological polar surface area (TPSA) is 75.3 Å². The fraction of sp³-hybridized carbons (Fsp3) is 0.0952.